The van der Waals surface area contributed by atoms with Gasteiger partial charge in [0.1, 0.15) is 6.61 Å². The van der Waals surface area contributed by atoms with E-state index in [-0.39, 0.29) is 18.0 Å². The molecule has 0 radical (unpaired) electrons. The van der Waals surface area contributed by atoms with Crippen LogP contribution in [-0.4, -0.2) is 29.6 Å². The summed E-state index contributed by atoms with van der Waals surface area (Å²) in [5.74, 6) is -1.75. The van der Waals surface area contributed by atoms with E-state index < -0.39 is 11.9 Å². The van der Waals surface area contributed by atoms with Crippen molar-refractivity contribution in [2.45, 2.75) is 137 Å². The lowest BCUT2D eigenvalue weighted by Crippen LogP contribution is -2.08. The zero-order valence-corrected chi connectivity index (χ0v) is 27.3. The standard InChI is InChI=1S/C26H46O4.C11H12O2/c1-4-5-6-7-8-9-10-11-12-13-14-15-16-17-18-19-22-30-26(29)24(3)21-20-23(2)25(27)28;1-9(2)11(12)13-8-10-6-4-3-5-7-10/h20H,3-19,21-22H2,1-2H3,(H,27,28);3-7H,1,8H2,2H3. The average molecular weight is 599 g/mol. The van der Waals surface area contributed by atoms with Gasteiger partial charge in [-0.1, -0.05) is 153 Å². The summed E-state index contributed by atoms with van der Waals surface area (Å²) in [5, 5.41) is 8.79. The van der Waals surface area contributed by atoms with E-state index in [1.165, 1.54) is 103 Å². The summed E-state index contributed by atoms with van der Waals surface area (Å²) in [6.07, 6.45) is 22.7. The fourth-order valence-corrected chi connectivity index (χ4v) is 4.21. The van der Waals surface area contributed by atoms with E-state index in [4.69, 9.17) is 14.6 Å². The summed E-state index contributed by atoms with van der Waals surface area (Å²) in [5.41, 5.74) is 1.92. The van der Waals surface area contributed by atoms with E-state index in [9.17, 15) is 14.4 Å². The topological polar surface area (TPSA) is 89.9 Å². The van der Waals surface area contributed by atoms with Crippen molar-refractivity contribution in [1.82, 2.24) is 0 Å². The first-order valence-electron chi connectivity index (χ1n) is 16.3. The Morgan fingerprint density at radius 2 is 1.16 bits per heavy atom. The zero-order chi connectivity index (χ0) is 32.1. The smallest absolute Gasteiger partial charge is 0.333 e. The highest BCUT2D eigenvalue weighted by molar-refractivity contribution is 5.89. The van der Waals surface area contributed by atoms with Crippen LogP contribution in [0.5, 0.6) is 0 Å². The second kappa shape index (κ2) is 27.7. The first-order valence-corrected chi connectivity index (χ1v) is 16.3. The second-order valence-corrected chi connectivity index (χ2v) is 11.3. The lowest BCUT2D eigenvalue weighted by atomic mass is 10.0. The maximum Gasteiger partial charge on any atom is 0.333 e. The number of carbonyl (C=O) groups is 3. The molecular formula is C37H58O6. The molecular weight excluding hydrogens is 540 g/mol. The summed E-state index contributed by atoms with van der Waals surface area (Å²) in [7, 11) is 0. The first kappa shape index (κ1) is 39.8. The van der Waals surface area contributed by atoms with E-state index >= 15 is 0 Å². The molecule has 0 atom stereocenters. The van der Waals surface area contributed by atoms with Gasteiger partial charge >= 0.3 is 17.9 Å². The zero-order valence-electron chi connectivity index (χ0n) is 27.3. The number of carboxylic acid groups (broad SMARTS) is 1. The van der Waals surface area contributed by atoms with Gasteiger partial charge in [0.2, 0.25) is 0 Å². The fourth-order valence-electron chi connectivity index (χ4n) is 4.21. The number of aliphatic carboxylic acids is 1. The maximum atomic E-state index is 11.8. The molecule has 0 saturated heterocycles. The molecule has 0 amide bonds. The molecule has 1 aromatic rings. The first-order chi connectivity index (χ1) is 20.7. The van der Waals surface area contributed by atoms with Gasteiger partial charge in [0, 0.05) is 16.7 Å². The Morgan fingerprint density at radius 1 is 0.698 bits per heavy atom. The number of carboxylic acids is 1. The predicted octanol–water partition coefficient (Wildman–Crippen LogP) is 10.1. The molecule has 6 nitrogen and oxygen atoms in total. The molecule has 6 heteroatoms. The molecule has 0 aliphatic rings. The van der Waals surface area contributed by atoms with E-state index in [1.54, 1.807) is 6.92 Å². The van der Waals surface area contributed by atoms with Crippen LogP contribution in [0.1, 0.15) is 135 Å². The summed E-state index contributed by atoms with van der Waals surface area (Å²) in [6.45, 7) is 13.3. The molecule has 0 heterocycles. The number of hydrogen-bond acceptors (Lipinski definition) is 5. The van der Waals surface area contributed by atoms with Crippen molar-refractivity contribution < 1.29 is 29.0 Å². The molecule has 0 aliphatic carbocycles. The highest BCUT2D eigenvalue weighted by Crippen LogP contribution is 2.14. The molecule has 0 bridgehead atoms. The van der Waals surface area contributed by atoms with Crippen molar-refractivity contribution in [3.8, 4) is 0 Å². The third kappa shape index (κ3) is 25.1. The molecule has 0 spiro atoms. The molecule has 0 unspecified atom stereocenters. The second-order valence-electron chi connectivity index (χ2n) is 11.3. The molecule has 1 N–H and O–H groups in total. The van der Waals surface area contributed by atoms with E-state index in [1.807, 2.05) is 30.3 Å². The Bertz CT molecular complexity index is 947. The van der Waals surface area contributed by atoms with Crippen LogP contribution in [0.15, 0.2) is 66.3 Å². The van der Waals surface area contributed by atoms with Crippen LogP contribution >= 0.6 is 0 Å². The third-order valence-corrected chi connectivity index (χ3v) is 7.07. The minimum atomic E-state index is -0.982. The van der Waals surface area contributed by atoms with Gasteiger partial charge in [-0.05, 0) is 32.3 Å². The largest absolute Gasteiger partial charge is 0.478 e. The number of hydrogen-bond donors (Lipinski definition) is 1. The van der Waals surface area contributed by atoms with E-state index in [0.29, 0.717) is 24.4 Å². The van der Waals surface area contributed by atoms with Gasteiger partial charge in [-0.3, -0.25) is 0 Å². The number of unbranched alkanes of at least 4 members (excludes halogenated alkanes) is 15. The lowest BCUT2D eigenvalue weighted by Gasteiger charge is -2.06. The molecule has 43 heavy (non-hydrogen) atoms. The van der Waals surface area contributed by atoms with Gasteiger partial charge in [0.05, 0.1) is 6.61 Å². The van der Waals surface area contributed by atoms with Gasteiger partial charge in [-0.25, -0.2) is 14.4 Å². The van der Waals surface area contributed by atoms with E-state index in [0.717, 1.165) is 18.4 Å². The van der Waals surface area contributed by atoms with Crippen LogP contribution in [0.4, 0.5) is 0 Å². The van der Waals surface area contributed by atoms with Crippen molar-refractivity contribution in [2.75, 3.05) is 6.61 Å². The van der Waals surface area contributed by atoms with Crippen LogP contribution in [0.2, 0.25) is 0 Å². The van der Waals surface area contributed by atoms with Crippen molar-refractivity contribution in [3.63, 3.8) is 0 Å². The number of carbonyl (C=O) groups excluding carboxylic acids is 2. The Kier molecular flexibility index (Phi) is 25.6. The Hall–Kier alpha value is -3.15. The molecule has 1 rings (SSSR count). The number of ether oxygens (including phenoxy) is 2. The third-order valence-electron chi connectivity index (χ3n) is 7.07. The monoisotopic (exact) mass is 598 g/mol. The number of rotatable bonds is 24. The molecule has 1 aromatic carbocycles. The van der Waals surface area contributed by atoms with Crippen molar-refractivity contribution in [3.05, 3.63) is 71.8 Å². The Balaban J connectivity index is 0.00000112. The van der Waals surface area contributed by atoms with Gasteiger partial charge in [-0.15, -0.1) is 0 Å². The minimum Gasteiger partial charge on any atom is -0.478 e. The normalized spacial score (nSPS) is 10.8. The van der Waals surface area contributed by atoms with Crippen LogP contribution in [-0.2, 0) is 30.5 Å². The van der Waals surface area contributed by atoms with E-state index in [2.05, 4.69) is 20.1 Å². The average Bonchev–Trinajstić information content (AvgIpc) is 3.00. The number of benzene rings is 1. The quantitative estimate of drug-likeness (QED) is 0.0723. The van der Waals surface area contributed by atoms with Crippen LogP contribution in [0.3, 0.4) is 0 Å². The summed E-state index contributed by atoms with van der Waals surface area (Å²) in [6, 6.07) is 9.55. The highest BCUT2D eigenvalue weighted by Gasteiger charge is 2.08. The molecule has 0 aliphatic heterocycles. The van der Waals surface area contributed by atoms with Gasteiger partial charge in [-0.2, -0.15) is 0 Å². The van der Waals surface area contributed by atoms with Crippen LogP contribution in [0, 0.1) is 0 Å². The van der Waals surface area contributed by atoms with Gasteiger partial charge < -0.3 is 14.6 Å². The Morgan fingerprint density at radius 3 is 1.60 bits per heavy atom. The number of esters is 2. The van der Waals surface area contributed by atoms with Gasteiger partial charge in [0.15, 0.2) is 0 Å². The predicted molar refractivity (Wildman–Crippen MR) is 177 cm³/mol. The minimum absolute atomic E-state index is 0.210. The van der Waals surface area contributed by atoms with Crippen molar-refractivity contribution in [2.24, 2.45) is 0 Å². The summed E-state index contributed by atoms with van der Waals surface area (Å²) < 4.78 is 10.2. The maximum absolute atomic E-state index is 11.8. The van der Waals surface area contributed by atoms with Crippen molar-refractivity contribution >= 4 is 17.9 Å². The summed E-state index contributed by atoms with van der Waals surface area (Å²) >= 11 is 0. The van der Waals surface area contributed by atoms with Gasteiger partial charge in [0.25, 0.3) is 0 Å². The number of allylic oxidation sites excluding steroid dienone is 1. The molecule has 242 valence electrons. The van der Waals surface area contributed by atoms with Crippen molar-refractivity contribution in [1.29, 1.82) is 0 Å². The van der Waals surface area contributed by atoms with Crippen LogP contribution in [0.25, 0.3) is 0 Å². The highest BCUT2D eigenvalue weighted by atomic mass is 16.5. The summed E-state index contributed by atoms with van der Waals surface area (Å²) in [4.78, 5) is 33.5. The molecule has 0 aromatic heterocycles. The van der Waals surface area contributed by atoms with Crippen LogP contribution < -0.4 is 0 Å². The Labute approximate surface area is 261 Å². The molecule has 0 fully saturated rings. The lowest BCUT2D eigenvalue weighted by molar-refractivity contribution is -0.140. The SMILES string of the molecule is C=C(C)C(=O)OCc1ccccc1.C=C(CC=C(C)C(=O)O)C(=O)OCCCCCCCCCCCCCCCCCC. The molecule has 0 saturated carbocycles. The fraction of sp³-hybridized carbons (Fsp3) is 0.595.